The molecule has 1 N–H and O–H groups in total. The third-order valence-corrected chi connectivity index (χ3v) is 3.44. The lowest BCUT2D eigenvalue weighted by atomic mass is 10.1. The minimum Gasteiger partial charge on any atom is -0.361 e. The molecule has 0 radical (unpaired) electrons. The van der Waals surface area contributed by atoms with E-state index >= 15 is 0 Å². The Balaban J connectivity index is 1.75. The van der Waals surface area contributed by atoms with Gasteiger partial charge in [-0.2, -0.15) is 0 Å². The van der Waals surface area contributed by atoms with Crippen LogP contribution >= 0.6 is 0 Å². The lowest BCUT2D eigenvalue weighted by molar-refractivity contribution is 0.0909. The molecule has 0 atom stereocenters. The minimum absolute atomic E-state index is 0.639. The van der Waals surface area contributed by atoms with E-state index in [0.29, 0.717) is 6.73 Å². The van der Waals surface area contributed by atoms with Crippen molar-refractivity contribution in [2.24, 2.45) is 0 Å². The van der Waals surface area contributed by atoms with Gasteiger partial charge in [-0.05, 0) is 48.9 Å². The minimum atomic E-state index is 0.639. The normalized spacial score (nSPS) is 15.4. The molecule has 2 aromatic rings. The highest BCUT2D eigenvalue weighted by atomic mass is 16.5. The molecule has 3 heteroatoms. The molecule has 18 heavy (non-hydrogen) atoms. The largest absolute Gasteiger partial charge is 0.361 e. The Bertz CT molecular complexity index is 528. The summed E-state index contributed by atoms with van der Waals surface area (Å²) in [5, 5.41) is 4.84. The standard InChI is InChI=1S/C15H20N2O/c1-2-18-11-17-8-7-13-9-12(3-6-15(13)17)10-16-14-4-5-14/h3,6-9,14,16H,2,4-5,10-11H2,1H3. The second-order valence-corrected chi connectivity index (χ2v) is 4.96. The van der Waals surface area contributed by atoms with Crippen LogP contribution in [-0.4, -0.2) is 17.2 Å². The molecular weight excluding hydrogens is 224 g/mol. The lowest BCUT2D eigenvalue weighted by Crippen LogP contribution is -2.15. The van der Waals surface area contributed by atoms with E-state index in [1.807, 2.05) is 6.92 Å². The quantitative estimate of drug-likeness (QED) is 0.845. The number of benzene rings is 1. The van der Waals surface area contributed by atoms with Gasteiger partial charge in [-0.3, -0.25) is 0 Å². The zero-order chi connectivity index (χ0) is 12.4. The molecule has 0 bridgehead atoms. The van der Waals surface area contributed by atoms with E-state index in [1.165, 1.54) is 29.3 Å². The van der Waals surface area contributed by atoms with Crippen LogP contribution in [0.4, 0.5) is 0 Å². The van der Waals surface area contributed by atoms with Gasteiger partial charge < -0.3 is 14.6 Å². The molecule has 0 saturated heterocycles. The van der Waals surface area contributed by atoms with Crippen LogP contribution in [0.15, 0.2) is 30.5 Å². The van der Waals surface area contributed by atoms with Crippen LogP contribution in [0, 0.1) is 0 Å². The molecule has 3 nitrogen and oxygen atoms in total. The van der Waals surface area contributed by atoms with Gasteiger partial charge in [-0.1, -0.05) is 6.07 Å². The number of fused-ring (bicyclic) bond motifs is 1. The van der Waals surface area contributed by atoms with E-state index in [-0.39, 0.29) is 0 Å². The Morgan fingerprint density at radius 3 is 3.00 bits per heavy atom. The highest BCUT2D eigenvalue weighted by Gasteiger charge is 2.19. The van der Waals surface area contributed by atoms with Crippen molar-refractivity contribution < 1.29 is 4.74 Å². The first-order valence-corrected chi connectivity index (χ1v) is 6.75. The van der Waals surface area contributed by atoms with E-state index in [2.05, 4.69) is 40.3 Å². The van der Waals surface area contributed by atoms with Crippen molar-refractivity contribution in [1.82, 2.24) is 9.88 Å². The molecule has 0 aliphatic heterocycles. The molecule has 0 amide bonds. The number of hydrogen-bond donors (Lipinski definition) is 1. The van der Waals surface area contributed by atoms with Crippen molar-refractivity contribution in [1.29, 1.82) is 0 Å². The Morgan fingerprint density at radius 1 is 1.33 bits per heavy atom. The number of hydrogen-bond acceptors (Lipinski definition) is 2. The van der Waals surface area contributed by atoms with E-state index in [0.717, 1.165) is 19.2 Å². The third kappa shape index (κ3) is 2.57. The Morgan fingerprint density at radius 2 is 2.22 bits per heavy atom. The fourth-order valence-corrected chi connectivity index (χ4v) is 2.21. The second-order valence-electron chi connectivity index (χ2n) is 4.96. The van der Waals surface area contributed by atoms with Crippen molar-refractivity contribution >= 4 is 10.9 Å². The summed E-state index contributed by atoms with van der Waals surface area (Å²) in [6.07, 6.45) is 4.78. The van der Waals surface area contributed by atoms with Gasteiger partial charge in [0.05, 0.1) is 0 Å². The third-order valence-electron chi connectivity index (χ3n) is 3.44. The summed E-state index contributed by atoms with van der Waals surface area (Å²) >= 11 is 0. The Labute approximate surface area is 108 Å². The van der Waals surface area contributed by atoms with Crippen molar-refractivity contribution in [3.8, 4) is 0 Å². The molecule has 0 spiro atoms. The van der Waals surface area contributed by atoms with Crippen molar-refractivity contribution in [2.75, 3.05) is 6.61 Å². The van der Waals surface area contributed by atoms with Crippen LogP contribution in [-0.2, 0) is 18.0 Å². The van der Waals surface area contributed by atoms with Crippen LogP contribution in [0.25, 0.3) is 10.9 Å². The summed E-state index contributed by atoms with van der Waals surface area (Å²) in [5.74, 6) is 0. The summed E-state index contributed by atoms with van der Waals surface area (Å²) in [6, 6.07) is 9.60. The number of nitrogens with zero attached hydrogens (tertiary/aromatic N) is 1. The lowest BCUT2D eigenvalue weighted by Gasteiger charge is -2.06. The maximum absolute atomic E-state index is 5.45. The molecule has 1 fully saturated rings. The Kier molecular flexibility index (Phi) is 3.35. The molecule has 96 valence electrons. The highest BCUT2D eigenvalue weighted by Crippen LogP contribution is 2.21. The summed E-state index contributed by atoms with van der Waals surface area (Å²) in [6.45, 7) is 4.40. The maximum atomic E-state index is 5.45. The molecule has 1 aliphatic rings. The first-order valence-electron chi connectivity index (χ1n) is 6.75. The van der Waals surface area contributed by atoms with E-state index in [1.54, 1.807) is 0 Å². The SMILES string of the molecule is CCOCn1ccc2cc(CNC3CC3)ccc21. The predicted octanol–water partition coefficient (Wildman–Crippen LogP) is 2.89. The van der Waals surface area contributed by atoms with Crippen LogP contribution < -0.4 is 5.32 Å². The van der Waals surface area contributed by atoms with Gasteiger partial charge in [0, 0.05) is 30.9 Å². The predicted molar refractivity (Wildman–Crippen MR) is 73.4 cm³/mol. The molecule has 3 rings (SSSR count). The van der Waals surface area contributed by atoms with Crippen molar-refractivity contribution in [3.63, 3.8) is 0 Å². The zero-order valence-corrected chi connectivity index (χ0v) is 10.9. The van der Waals surface area contributed by atoms with Gasteiger partial charge in [-0.15, -0.1) is 0 Å². The topological polar surface area (TPSA) is 26.2 Å². The van der Waals surface area contributed by atoms with E-state index in [4.69, 9.17) is 4.74 Å². The van der Waals surface area contributed by atoms with Gasteiger partial charge in [-0.25, -0.2) is 0 Å². The van der Waals surface area contributed by atoms with Gasteiger partial charge in [0.15, 0.2) is 0 Å². The number of ether oxygens (including phenoxy) is 1. The molecule has 1 aliphatic carbocycles. The molecular formula is C15H20N2O. The zero-order valence-electron chi connectivity index (χ0n) is 10.9. The van der Waals surface area contributed by atoms with Gasteiger partial charge >= 0.3 is 0 Å². The number of nitrogens with one attached hydrogen (secondary N) is 1. The van der Waals surface area contributed by atoms with E-state index < -0.39 is 0 Å². The van der Waals surface area contributed by atoms with Crippen LogP contribution in [0.5, 0.6) is 0 Å². The summed E-state index contributed by atoms with van der Waals surface area (Å²) in [7, 11) is 0. The molecule has 1 heterocycles. The molecule has 0 unspecified atom stereocenters. The van der Waals surface area contributed by atoms with E-state index in [9.17, 15) is 0 Å². The van der Waals surface area contributed by atoms with Crippen molar-refractivity contribution in [3.05, 3.63) is 36.0 Å². The van der Waals surface area contributed by atoms with Gasteiger partial charge in [0.1, 0.15) is 6.73 Å². The molecule has 1 aromatic carbocycles. The Hall–Kier alpha value is -1.32. The highest BCUT2D eigenvalue weighted by molar-refractivity contribution is 5.80. The molecule has 1 aromatic heterocycles. The average Bonchev–Trinajstić information content (AvgIpc) is 3.14. The molecule has 1 saturated carbocycles. The van der Waals surface area contributed by atoms with Crippen molar-refractivity contribution in [2.45, 2.75) is 39.1 Å². The monoisotopic (exact) mass is 244 g/mol. The summed E-state index contributed by atoms with van der Waals surface area (Å²) < 4.78 is 7.60. The first kappa shape index (κ1) is 11.8. The maximum Gasteiger partial charge on any atom is 0.122 e. The fraction of sp³-hybridized carbons (Fsp3) is 0.467. The summed E-state index contributed by atoms with van der Waals surface area (Å²) in [4.78, 5) is 0. The second kappa shape index (κ2) is 5.12. The first-order chi connectivity index (χ1) is 8.86. The number of aromatic nitrogens is 1. The summed E-state index contributed by atoms with van der Waals surface area (Å²) in [5.41, 5.74) is 2.61. The van der Waals surface area contributed by atoms with Gasteiger partial charge in [0.25, 0.3) is 0 Å². The van der Waals surface area contributed by atoms with Gasteiger partial charge in [0.2, 0.25) is 0 Å². The van der Waals surface area contributed by atoms with Crippen LogP contribution in [0.3, 0.4) is 0 Å². The van der Waals surface area contributed by atoms with Crippen LogP contribution in [0.1, 0.15) is 25.3 Å². The average molecular weight is 244 g/mol. The van der Waals surface area contributed by atoms with Crippen LogP contribution in [0.2, 0.25) is 0 Å². The number of rotatable bonds is 6. The smallest absolute Gasteiger partial charge is 0.122 e. The fourth-order valence-electron chi connectivity index (χ4n) is 2.21.